The van der Waals surface area contributed by atoms with Crippen molar-refractivity contribution in [2.45, 2.75) is 53.4 Å². The summed E-state index contributed by atoms with van der Waals surface area (Å²) in [5.41, 5.74) is 4.17. The lowest BCUT2D eigenvalue weighted by Crippen LogP contribution is -1.99. The summed E-state index contributed by atoms with van der Waals surface area (Å²) in [5.74, 6) is 0.763. The van der Waals surface area contributed by atoms with E-state index in [1.165, 1.54) is 36.2 Å². The summed E-state index contributed by atoms with van der Waals surface area (Å²) >= 11 is 0. The van der Waals surface area contributed by atoms with Gasteiger partial charge in [0.1, 0.15) is 0 Å². The van der Waals surface area contributed by atoms with Gasteiger partial charge in [0.05, 0.1) is 0 Å². The highest BCUT2D eigenvalue weighted by Gasteiger charge is 2.04. The first kappa shape index (κ1) is 13.1. The number of rotatable bonds is 6. The van der Waals surface area contributed by atoms with E-state index in [9.17, 15) is 0 Å². The maximum absolute atomic E-state index is 3.48. The zero-order chi connectivity index (χ0) is 12.0. The van der Waals surface area contributed by atoms with Gasteiger partial charge in [-0.15, -0.1) is 0 Å². The molecule has 1 aromatic rings. The van der Waals surface area contributed by atoms with Crippen molar-refractivity contribution in [3.05, 3.63) is 35.2 Å². The van der Waals surface area contributed by atoms with Gasteiger partial charge in [0.25, 0.3) is 0 Å². The third kappa shape index (κ3) is 4.69. The smallest absolute Gasteiger partial charge is 0.0151 e. The fourth-order valence-corrected chi connectivity index (χ4v) is 1.95. The molecule has 0 aromatic carbocycles. The molecule has 1 N–H and O–H groups in total. The van der Waals surface area contributed by atoms with Crippen molar-refractivity contribution in [1.29, 1.82) is 0 Å². The molecule has 1 unspecified atom stereocenters. The van der Waals surface area contributed by atoms with E-state index in [2.05, 4.69) is 50.9 Å². The number of H-pyrrole nitrogens is 1. The Balaban J connectivity index is 2.33. The standard InChI is InChI=1S/C15H25N/c1-5-14-9-10-15(16-14)11-13(4)8-6-7-12(2)3/h7,9-10,13,16H,5-6,8,11H2,1-4H3. The Bertz CT molecular complexity index is 329. The lowest BCUT2D eigenvalue weighted by Gasteiger charge is -2.08. The number of hydrogen-bond acceptors (Lipinski definition) is 0. The fraction of sp³-hybridized carbons (Fsp3) is 0.600. The highest BCUT2D eigenvalue weighted by atomic mass is 14.7. The lowest BCUT2D eigenvalue weighted by atomic mass is 9.99. The third-order valence-corrected chi connectivity index (χ3v) is 2.97. The maximum atomic E-state index is 3.48. The molecule has 1 rings (SSSR count). The van der Waals surface area contributed by atoms with Crippen LogP contribution in [0.5, 0.6) is 0 Å². The van der Waals surface area contributed by atoms with Crippen LogP contribution in [0.2, 0.25) is 0 Å². The van der Waals surface area contributed by atoms with E-state index in [0.717, 1.165) is 12.3 Å². The molecule has 0 saturated carbocycles. The second-order valence-corrected chi connectivity index (χ2v) is 5.03. The number of allylic oxidation sites excluding steroid dienone is 2. The summed E-state index contributed by atoms with van der Waals surface area (Å²) in [4.78, 5) is 3.48. The number of nitrogens with one attached hydrogen (secondary N) is 1. The first-order chi connectivity index (χ1) is 7.61. The van der Waals surface area contributed by atoms with Crippen LogP contribution in [0.4, 0.5) is 0 Å². The van der Waals surface area contributed by atoms with Crippen LogP contribution >= 0.6 is 0 Å². The summed E-state index contributed by atoms with van der Waals surface area (Å²) in [6.45, 7) is 8.87. The molecule has 0 bridgehead atoms. The average Bonchev–Trinajstić information content (AvgIpc) is 2.65. The van der Waals surface area contributed by atoms with Crippen LogP contribution in [0, 0.1) is 5.92 Å². The van der Waals surface area contributed by atoms with Crippen molar-refractivity contribution in [1.82, 2.24) is 4.98 Å². The Morgan fingerprint density at radius 3 is 2.56 bits per heavy atom. The van der Waals surface area contributed by atoms with E-state index >= 15 is 0 Å². The molecule has 0 saturated heterocycles. The average molecular weight is 219 g/mol. The molecule has 1 aromatic heterocycles. The maximum Gasteiger partial charge on any atom is 0.0151 e. The highest BCUT2D eigenvalue weighted by molar-refractivity contribution is 5.13. The molecule has 0 fully saturated rings. The van der Waals surface area contributed by atoms with Crippen molar-refractivity contribution in [2.24, 2.45) is 5.92 Å². The summed E-state index contributed by atoms with van der Waals surface area (Å²) in [7, 11) is 0. The van der Waals surface area contributed by atoms with Crippen LogP contribution in [0.1, 0.15) is 51.9 Å². The second-order valence-electron chi connectivity index (χ2n) is 5.03. The zero-order valence-corrected chi connectivity index (χ0v) is 11.1. The van der Waals surface area contributed by atoms with Gasteiger partial charge < -0.3 is 4.98 Å². The Labute approximate surface area is 100.0 Å². The van der Waals surface area contributed by atoms with E-state index in [4.69, 9.17) is 0 Å². The van der Waals surface area contributed by atoms with E-state index < -0.39 is 0 Å². The molecular weight excluding hydrogens is 194 g/mol. The van der Waals surface area contributed by atoms with Gasteiger partial charge in [0.2, 0.25) is 0 Å². The molecule has 1 heteroatoms. The van der Waals surface area contributed by atoms with Crippen molar-refractivity contribution < 1.29 is 0 Å². The number of aromatic nitrogens is 1. The van der Waals surface area contributed by atoms with Gasteiger partial charge in [-0.2, -0.15) is 0 Å². The molecule has 1 atom stereocenters. The predicted molar refractivity (Wildman–Crippen MR) is 71.7 cm³/mol. The highest BCUT2D eigenvalue weighted by Crippen LogP contribution is 2.14. The van der Waals surface area contributed by atoms with Gasteiger partial charge in [0.15, 0.2) is 0 Å². The normalized spacial score (nSPS) is 12.5. The predicted octanol–water partition coefficient (Wildman–Crippen LogP) is 4.50. The Morgan fingerprint density at radius 1 is 1.31 bits per heavy atom. The van der Waals surface area contributed by atoms with Gasteiger partial charge >= 0.3 is 0 Å². The van der Waals surface area contributed by atoms with Crippen molar-refractivity contribution in [3.8, 4) is 0 Å². The SMILES string of the molecule is CCc1ccc(CC(C)CCC=C(C)C)[nH]1. The number of aryl methyl sites for hydroxylation is 1. The summed E-state index contributed by atoms with van der Waals surface area (Å²) in [6.07, 6.45) is 7.11. The van der Waals surface area contributed by atoms with Gasteiger partial charge in [-0.3, -0.25) is 0 Å². The first-order valence-electron chi connectivity index (χ1n) is 6.42. The van der Waals surface area contributed by atoms with Crippen LogP contribution in [0.25, 0.3) is 0 Å². The lowest BCUT2D eigenvalue weighted by molar-refractivity contribution is 0.529. The van der Waals surface area contributed by atoms with Crippen LogP contribution < -0.4 is 0 Å². The number of hydrogen-bond donors (Lipinski definition) is 1. The van der Waals surface area contributed by atoms with Crippen molar-refractivity contribution in [2.75, 3.05) is 0 Å². The van der Waals surface area contributed by atoms with E-state index in [1.807, 2.05) is 0 Å². The van der Waals surface area contributed by atoms with Crippen LogP contribution in [0.15, 0.2) is 23.8 Å². The molecule has 0 aliphatic rings. The third-order valence-electron chi connectivity index (χ3n) is 2.97. The Morgan fingerprint density at radius 2 is 2.00 bits per heavy atom. The molecular formula is C15H25N. The topological polar surface area (TPSA) is 15.8 Å². The quantitative estimate of drug-likeness (QED) is 0.678. The second kappa shape index (κ2) is 6.57. The minimum Gasteiger partial charge on any atom is -0.362 e. The van der Waals surface area contributed by atoms with Gasteiger partial charge in [-0.05, 0) is 57.6 Å². The molecule has 0 radical (unpaired) electrons. The minimum atomic E-state index is 0.763. The molecule has 1 heterocycles. The molecule has 0 aliphatic heterocycles. The fourth-order valence-electron chi connectivity index (χ4n) is 1.95. The van der Waals surface area contributed by atoms with Crippen LogP contribution in [0.3, 0.4) is 0 Å². The van der Waals surface area contributed by atoms with E-state index in [-0.39, 0.29) is 0 Å². The van der Waals surface area contributed by atoms with Crippen LogP contribution in [-0.2, 0) is 12.8 Å². The summed E-state index contributed by atoms with van der Waals surface area (Å²) < 4.78 is 0. The van der Waals surface area contributed by atoms with E-state index in [1.54, 1.807) is 0 Å². The zero-order valence-electron chi connectivity index (χ0n) is 11.1. The summed E-state index contributed by atoms with van der Waals surface area (Å²) in [6, 6.07) is 4.44. The van der Waals surface area contributed by atoms with E-state index in [0.29, 0.717) is 0 Å². The first-order valence-corrected chi connectivity index (χ1v) is 6.42. The molecule has 0 aliphatic carbocycles. The van der Waals surface area contributed by atoms with Crippen LogP contribution in [-0.4, -0.2) is 4.98 Å². The molecule has 0 amide bonds. The Kier molecular flexibility index (Phi) is 5.37. The van der Waals surface area contributed by atoms with Gasteiger partial charge in [0, 0.05) is 11.4 Å². The molecule has 1 nitrogen and oxygen atoms in total. The number of aromatic amines is 1. The summed E-state index contributed by atoms with van der Waals surface area (Å²) in [5, 5.41) is 0. The van der Waals surface area contributed by atoms with Crippen molar-refractivity contribution in [3.63, 3.8) is 0 Å². The minimum absolute atomic E-state index is 0.763. The van der Waals surface area contributed by atoms with Gasteiger partial charge in [-0.1, -0.05) is 25.5 Å². The van der Waals surface area contributed by atoms with Gasteiger partial charge in [-0.25, -0.2) is 0 Å². The largest absolute Gasteiger partial charge is 0.362 e. The van der Waals surface area contributed by atoms with Crippen molar-refractivity contribution >= 4 is 0 Å². The monoisotopic (exact) mass is 219 g/mol. The Hall–Kier alpha value is -0.980. The molecule has 16 heavy (non-hydrogen) atoms. The molecule has 0 spiro atoms. The molecule has 90 valence electrons.